The summed E-state index contributed by atoms with van der Waals surface area (Å²) in [6.07, 6.45) is 3.70. The Kier molecular flexibility index (Phi) is 6.77. The van der Waals surface area contributed by atoms with E-state index in [0.29, 0.717) is 22.8 Å². The van der Waals surface area contributed by atoms with E-state index in [9.17, 15) is 4.79 Å². The smallest absolute Gasteiger partial charge is 0.344 e. The van der Waals surface area contributed by atoms with Crippen LogP contribution in [0.4, 0.5) is 0 Å². The Balaban J connectivity index is 1.60. The topological polar surface area (TPSA) is 57.2 Å². The Hall–Kier alpha value is -2.99. The van der Waals surface area contributed by atoms with Crippen LogP contribution in [0.5, 0.6) is 17.2 Å². The molecule has 0 fully saturated rings. The molecule has 154 valence electrons. The van der Waals surface area contributed by atoms with Gasteiger partial charge in [-0.25, -0.2) is 4.79 Å². The SMILES string of the molecule is COc1ccccc1CN(C)CCC/C=C1/OC(=O)c2cc(OC)c(OC)cc21. The quantitative estimate of drug-likeness (QED) is 0.468. The summed E-state index contributed by atoms with van der Waals surface area (Å²) in [5.41, 5.74) is 2.41. The van der Waals surface area contributed by atoms with Gasteiger partial charge in [0.2, 0.25) is 0 Å². The van der Waals surface area contributed by atoms with Crippen LogP contribution in [0.25, 0.3) is 5.76 Å². The van der Waals surface area contributed by atoms with Crippen LogP contribution in [-0.4, -0.2) is 45.8 Å². The summed E-state index contributed by atoms with van der Waals surface area (Å²) in [5.74, 6) is 2.22. The number of allylic oxidation sites excluding steroid dienone is 1. The number of esters is 1. The van der Waals surface area contributed by atoms with Crippen LogP contribution in [0.2, 0.25) is 0 Å². The lowest BCUT2D eigenvalue weighted by Crippen LogP contribution is -2.19. The molecule has 0 aromatic heterocycles. The summed E-state index contributed by atoms with van der Waals surface area (Å²) in [5, 5.41) is 0. The number of hydrogen-bond acceptors (Lipinski definition) is 6. The number of unbranched alkanes of at least 4 members (excludes halogenated alkanes) is 1. The normalized spacial score (nSPS) is 14.1. The second kappa shape index (κ2) is 9.47. The van der Waals surface area contributed by atoms with E-state index in [2.05, 4.69) is 18.0 Å². The third-order valence-corrected chi connectivity index (χ3v) is 4.92. The van der Waals surface area contributed by atoms with E-state index in [1.54, 1.807) is 33.5 Å². The third-order valence-electron chi connectivity index (χ3n) is 4.92. The Bertz CT molecular complexity index is 906. The molecule has 1 heterocycles. The predicted molar refractivity (Wildman–Crippen MR) is 112 cm³/mol. The van der Waals surface area contributed by atoms with Crippen molar-refractivity contribution >= 4 is 11.7 Å². The number of para-hydroxylation sites is 1. The molecule has 6 nitrogen and oxygen atoms in total. The minimum atomic E-state index is -0.361. The van der Waals surface area contributed by atoms with Gasteiger partial charge < -0.3 is 23.8 Å². The van der Waals surface area contributed by atoms with E-state index in [4.69, 9.17) is 18.9 Å². The molecule has 0 saturated carbocycles. The molecule has 3 rings (SSSR count). The minimum Gasteiger partial charge on any atom is -0.496 e. The van der Waals surface area contributed by atoms with Crippen LogP contribution in [0.1, 0.15) is 34.3 Å². The van der Waals surface area contributed by atoms with E-state index in [-0.39, 0.29) is 5.97 Å². The van der Waals surface area contributed by atoms with Gasteiger partial charge in [-0.05, 0) is 50.7 Å². The molecule has 0 bridgehead atoms. The lowest BCUT2D eigenvalue weighted by atomic mass is 10.1. The number of methoxy groups -OCH3 is 3. The van der Waals surface area contributed by atoms with Crippen molar-refractivity contribution in [2.24, 2.45) is 0 Å². The van der Waals surface area contributed by atoms with Gasteiger partial charge in [-0.1, -0.05) is 18.2 Å². The summed E-state index contributed by atoms with van der Waals surface area (Å²) in [7, 11) is 6.89. The van der Waals surface area contributed by atoms with Crippen molar-refractivity contribution in [3.05, 3.63) is 59.2 Å². The maximum Gasteiger partial charge on any atom is 0.344 e. The van der Waals surface area contributed by atoms with Crippen LogP contribution >= 0.6 is 0 Å². The van der Waals surface area contributed by atoms with Gasteiger partial charge in [-0.2, -0.15) is 0 Å². The zero-order valence-electron chi connectivity index (χ0n) is 17.4. The molecule has 2 aromatic rings. The first-order chi connectivity index (χ1) is 14.1. The molecule has 0 radical (unpaired) electrons. The maximum absolute atomic E-state index is 12.2. The van der Waals surface area contributed by atoms with Crippen LogP contribution in [0, 0.1) is 0 Å². The number of benzene rings is 2. The maximum atomic E-state index is 12.2. The minimum absolute atomic E-state index is 0.361. The van der Waals surface area contributed by atoms with Gasteiger partial charge in [0.15, 0.2) is 11.5 Å². The number of hydrogen-bond donors (Lipinski definition) is 0. The number of fused-ring (bicyclic) bond motifs is 1. The fourth-order valence-electron chi connectivity index (χ4n) is 3.41. The number of carbonyl (C=O) groups is 1. The van der Waals surface area contributed by atoms with Crippen molar-refractivity contribution in [2.75, 3.05) is 34.9 Å². The number of nitrogens with zero attached hydrogens (tertiary/aromatic N) is 1. The van der Waals surface area contributed by atoms with Crippen molar-refractivity contribution < 1.29 is 23.7 Å². The highest BCUT2D eigenvalue weighted by Gasteiger charge is 2.28. The van der Waals surface area contributed by atoms with Crippen LogP contribution in [0.3, 0.4) is 0 Å². The molecule has 2 aromatic carbocycles. The summed E-state index contributed by atoms with van der Waals surface area (Å²) in [4.78, 5) is 14.4. The molecule has 0 saturated heterocycles. The summed E-state index contributed by atoms with van der Waals surface area (Å²) < 4.78 is 21.5. The lowest BCUT2D eigenvalue weighted by Gasteiger charge is -2.18. The molecular weight excluding hydrogens is 370 g/mol. The first-order valence-electron chi connectivity index (χ1n) is 9.56. The first-order valence-corrected chi connectivity index (χ1v) is 9.56. The number of cyclic esters (lactones) is 1. The highest BCUT2D eigenvalue weighted by molar-refractivity contribution is 6.03. The van der Waals surface area contributed by atoms with Crippen molar-refractivity contribution in [1.29, 1.82) is 0 Å². The second-order valence-corrected chi connectivity index (χ2v) is 6.90. The van der Waals surface area contributed by atoms with Crippen molar-refractivity contribution in [3.63, 3.8) is 0 Å². The number of ether oxygens (including phenoxy) is 4. The largest absolute Gasteiger partial charge is 0.496 e. The highest BCUT2D eigenvalue weighted by atomic mass is 16.5. The Morgan fingerprint density at radius 2 is 1.62 bits per heavy atom. The zero-order valence-corrected chi connectivity index (χ0v) is 17.4. The van der Waals surface area contributed by atoms with E-state index >= 15 is 0 Å². The molecule has 0 amide bonds. The van der Waals surface area contributed by atoms with Gasteiger partial charge in [-0.3, -0.25) is 0 Å². The van der Waals surface area contributed by atoms with Crippen LogP contribution in [0.15, 0.2) is 42.5 Å². The monoisotopic (exact) mass is 397 g/mol. The van der Waals surface area contributed by atoms with E-state index in [0.717, 1.165) is 42.8 Å². The van der Waals surface area contributed by atoms with Gasteiger partial charge in [-0.15, -0.1) is 0 Å². The summed E-state index contributed by atoms with van der Waals surface area (Å²) in [6, 6.07) is 11.5. The highest BCUT2D eigenvalue weighted by Crippen LogP contribution is 2.38. The Morgan fingerprint density at radius 3 is 2.31 bits per heavy atom. The summed E-state index contributed by atoms with van der Waals surface area (Å²) >= 11 is 0. The fraction of sp³-hybridized carbons (Fsp3) is 0.348. The molecule has 0 aliphatic carbocycles. The molecule has 0 spiro atoms. The molecule has 29 heavy (non-hydrogen) atoms. The zero-order chi connectivity index (χ0) is 20.8. The number of carbonyl (C=O) groups excluding carboxylic acids is 1. The molecule has 0 atom stereocenters. The number of rotatable bonds is 9. The van der Waals surface area contributed by atoms with E-state index in [1.165, 1.54) is 0 Å². The first kappa shape index (κ1) is 20.7. The molecular formula is C23H27NO5. The Labute approximate surface area is 171 Å². The third kappa shape index (κ3) is 4.71. The molecule has 6 heteroatoms. The van der Waals surface area contributed by atoms with Crippen molar-refractivity contribution in [1.82, 2.24) is 4.90 Å². The molecule has 1 aliphatic heterocycles. The van der Waals surface area contributed by atoms with Crippen LogP contribution in [-0.2, 0) is 11.3 Å². The average molecular weight is 397 g/mol. The fourth-order valence-corrected chi connectivity index (χ4v) is 3.41. The van der Waals surface area contributed by atoms with Gasteiger partial charge >= 0.3 is 5.97 Å². The van der Waals surface area contributed by atoms with Crippen molar-refractivity contribution in [3.8, 4) is 17.2 Å². The van der Waals surface area contributed by atoms with Gasteiger partial charge in [0.1, 0.15) is 11.5 Å². The van der Waals surface area contributed by atoms with E-state index < -0.39 is 0 Å². The molecule has 0 N–H and O–H groups in total. The van der Waals surface area contributed by atoms with Gasteiger partial charge in [0.05, 0.1) is 26.9 Å². The van der Waals surface area contributed by atoms with Gasteiger partial charge in [0, 0.05) is 17.7 Å². The lowest BCUT2D eigenvalue weighted by molar-refractivity contribution is 0.0715. The van der Waals surface area contributed by atoms with Gasteiger partial charge in [0.25, 0.3) is 0 Å². The Morgan fingerprint density at radius 1 is 0.966 bits per heavy atom. The average Bonchev–Trinajstić information content (AvgIpc) is 3.05. The molecule has 0 unspecified atom stereocenters. The van der Waals surface area contributed by atoms with Crippen LogP contribution < -0.4 is 14.2 Å². The standard InChI is InChI=1S/C23H27NO5/c1-24(15-16-9-5-6-10-19(16)26-2)12-8-7-11-20-17-13-21(27-3)22(28-4)14-18(17)23(25)29-20/h5-6,9-11,13-14H,7-8,12,15H2,1-4H3/b20-11+. The molecule has 1 aliphatic rings. The second-order valence-electron chi connectivity index (χ2n) is 6.90. The summed E-state index contributed by atoms with van der Waals surface area (Å²) in [6.45, 7) is 1.73. The van der Waals surface area contributed by atoms with Crippen molar-refractivity contribution in [2.45, 2.75) is 19.4 Å². The predicted octanol–water partition coefficient (Wildman–Crippen LogP) is 4.14. The van der Waals surface area contributed by atoms with E-state index in [1.807, 2.05) is 24.3 Å².